The first-order valence-electron chi connectivity index (χ1n) is 2.52. The van der Waals surface area contributed by atoms with E-state index in [0.29, 0.717) is 0 Å². The van der Waals surface area contributed by atoms with Crippen molar-refractivity contribution in [2.45, 2.75) is 0 Å². The molecule has 0 rings (SSSR count). The Labute approximate surface area is 64.1 Å². The molecule has 0 radical (unpaired) electrons. The van der Waals surface area contributed by atoms with Crippen molar-refractivity contribution in [1.29, 1.82) is 5.41 Å². The lowest BCUT2D eigenvalue weighted by molar-refractivity contribution is 1.39. The van der Waals surface area contributed by atoms with Crippen LogP contribution in [0, 0.1) is 5.41 Å². The predicted octanol–water partition coefficient (Wildman–Crippen LogP) is 0.0321. The Morgan fingerprint density at radius 1 is 1.70 bits per heavy atom. The third-order valence-electron chi connectivity index (χ3n) is 0.920. The van der Waals surface area contributed by atoms with E-state index in [9.17, 15) is 0 Å². The summed E-state index contributed by atoms with van der Waals surface area (Å²) >= 11 is 5.29. The molecule has 0 fully saturated rings. The van der Waals surface area contributed by atoms with Crippen molar-refractivity contribution in [3.8, 4) is 0 Å². The second kappa shape index (κ2) is 3.90. The molecule has 0 aromatic rings. The molecule has 56 valence electrons. The monoisotopic (exact) mass is 160 g/mol. The van der Waals surface area contributed by atoms with E-state index < -0.39 is 0 Å². The summed E-state index contributed by atoms with van der Waals surface area (Å²) in [6, 6.07) is 0. The Kier molecular flexibility index (Phi) is 3.49. The van der Waals surface area contributed by atoms with E-state index >= 15 is 0 Å². The van der Waals surface area contributed by atoms with Crippen molar-refractivity contribution in [1.82, 2.24) is 0 Å². The highest BCUT2D eigenvalue weighted by Gasteiger charge is 2.04. The molecular formula is C5H9ClN4. The Bertz CT molecular complexity index is 194. The summed E-state index contributed by atoms with van der Waals surface area (Å²) in [5, 5.41) is 6.74. The fraction of sp³-hybridized carbons (Fsp3) is 0.200. The maximum Gasteiger partial charge on any atom is 0.133 e. The minimum Gasteiger partial charge on any atom is -0.404 e. The number of hydrogen-bond acceptors (Lipinski definition) is 3. The lowest BCUT2D eigenvalue weighted by Crippen LogP contribution is -2.19. The van der Waals surface area contributed by atoms with Crippen LogP contribution in [0.25, 0.3) is 0 Å². The average molecular weight is 161 g/mol. The van der Waals surface area contributed by atoms with Crippen LogP contribution < -0.4 is 11.5 Å². The van der Waals surface area contributed by atoms with Gasteiger partial charge >= 0.3 is 0 Å². The van der Waals surface area contributed by atoms with E-state index in [4.69, 9.17) is 28.5 Å². The van der Waals surface area contributed by atoms with Gasteiger partial charge in [0.2, 0.25) is 0 Å². The molecule has 0 heterocycles. The Hall–Kier alpha value is -1.03. The maximum absolute atomic E-state index is 6.94. The molecular weight excluding hydrogens is 152 g/mol. The summed E-state index contributed by atoms with van der Waals surface area (Å²) in [6.07, 6.45) is 1.15. The van der Waals surface area contributed by atoms with E-state index in [1.807, 2.05) is 0 Å². The molecule has 0 spiro atoms. The van der Waals surface area contributed by atoms with Gasteiger partial charge in [0, 0.05) is 13.2 Å². The van der Waals surface area contributed by atoms with Gasteiger partial charge in [0.1, 0.15) is 11.0 Å². The van der Waals surface area contributed by atoms with Gasteiger partial charge in [-0.1, -0.05) is 11.6 Å². The summed E-state index contributed by atoms with van der Waals surface area (Å²) in [5.41, 5.74) is 10.7. The molecule has 4 nitrogen and oxygen atoms in total. The van der Waals surface area contributed by atoms with Crippen LogP contribution >= 0.6 is 11.6 Å². The first-order valence-corrected chi connectivity index (χ1v) is 2.90. The summed E-state index contributed by atoms with van der Waals surface area (Å²) in [4.78, 5) is 3.60. The van der Waals surface area contributed by atoms with E-state index in [2.05, 4.69) is 4.99 Å². The van der Waals surface area contributed by atoms with Gasteiger partial charge in [-0.15, -0.1) is 0 Å². The van der Waals surface area contributed by atoms with Crippen LogP contribution in [0.5, 0.6) is 0 Å². The molecule has 0 unspecified atom stereocenters. The largest absolute Gasteiger partial charge is 0.404 e. The minimum atomic E-state index is -0.203. The molecule has 5 heteroatoms. The van der Waals surface area contributed by atoms with Crippen molar-refractivity contribution in [3.05, 3.63) is 11.8 Å². The van der Waals surface area contributed by atoms with Crippen LogP contribution in [-0.2, 0) is 0 Å². The smallest absolute Gasteiger partial charge is 0.133 e. The van der Waals surface area contributed by atoms with Gasteiger partial charge < -0.3 is 11.5 Å². The van der Waals surface area contributed by atoms with Crippen LogP contribution in [0.2, 0.25) is 0 Å². The lowest BCUT2D eigenvalue weighted by atomic mass is 10.3. The Morgan fingerprint density at radius 2 is 2.20 bits per heavy atom. The van der Waals surface area contributed by atoms with E-state index in [0.717, 1.165) is 6.20 Å². The van der Waals surface area contributed by atoms with E-state index in [-0.39, 0.29) is 16.6 Å². The molecule has 0 saturated heterocycles. The quantitative estimate of drug-likeness (QED) is 0.393. The fourth-order valence-corrected chi connectivity index (χ4v) is 0.551. The third kappa shape index (κ3) is 2.06. The second-order valence-corrected chi connectivity index (χ2v) is 1.88. The molecule has 0 aliphatic carbocycles. The van der Waals surface area contributed by atoms with Gasteiger partial charge in [-0.3, -0.25) is 10.4 Å². The molecule has 0 aromatic heterocycles. The Balaban J connectivity index is 4.56. The van der Waals surface area contributed by atoms with E-state index in [1.54, 1.807) is 0 Å². The number of aliphatic imine (C=N–C) groups is 1. The molecule has 0 aliphatic rings. The Morgan fingerprint density at radius 3 is 2.30 bits per heavy atom. The third-order valence-corrected chi connectivity index (χ3v) is 1.12. The van der Waals surface area contributed by atoms with Crippen LogP contribution in [0.15, 0.2) is 16.8 Å². The fourth-order valence-electron chi connectivity index (χ4n) is 0.391. The van der Waals surface area contributed by atoms with Crippen LogP contribution in [0.3, 0.4) is 0 Å². The van der Waals surface area contributed by atoms with Crippen LogP contribution in [0.1, 0.15) is 0 Å². The van der Waals surface area contributed by atoms with Crippen molar-refractivity contribution in [2.24, 2.45) is 16.5 Å². The first-order chi connectivity index (χ1) is 4.63. The van der Waals surface area contributed by atoms with Gasteiger partial charge in [-0.2, -0.15) is 0 Å². The van der Waals surface area contributed by atoms with Crippen molar-refractivity contribution in [3.63, 3.8) is 0 Å². The number of hydrogen-bond donors (Lipinski definition) is 3. The van der Waals surface area contributed by atoms with E-state index in [1.165, 1.54) is 7.05 Å². The molecule has 5 N–H and O–H groups in total. The number of halogens is 1. The predicted molar refractivity (Wildman–Crippen MR) is 43.4 cm³/mol. The number of nitrogens with one attached hydrogen (secondary N) is 1. The van der Waals surface area contributed by atoms with Gasteiger partial charge in [0.15, 0.2) is 0 Å². The number of nitrogens with zero attached hydrogens (tertiary/aromatic N) is 1. The topological polar surface area (TPSA) is 88.2 Å². The van der Waals surface area contributed by atoms with Gasteiger partial charge in [0.05, 0.1) is 5.57 Å². The first kappa shape index (κ1) is 8.97. The molecule has 0 aliphatic heterocycles. The SMILES string of the molecule is CN=C(N)C(=CN)C(=N)Cl. The summed E-state index contributed by atoms with van der Waals surface area (Å²) in [7, 11) is 1.50. The lowest BCUT2D eigenvalue weighted by Gasteiger charge is -1.99. The summed E-state index contributed by atoms with van der Waals surface area (Å²) in [5.74, 6) is 0.169. The number of rotatable bonds is 2. The van der Waals surface area contributed by atoms with Gasteiger partial charge in [0.25, 0.3) is 0 Å². The molecule has 0 bridgehead atoms. The standard InChI is InChI=1S/C5H9ClN4/c1-10-5(9)3(2-7)4(6)8/h2,8H,7H2,1H3,(H2,9,10). The molecule has 10 heavy (non-hydrogen) atoms. The maximum atomic E-state index is 6.94. The molecule has 0 saturated carbocycles. The van der Waals surface area contributed by atoms with Gasteiger partial charge in [-0.25, -0.2) is 0 Å². The summed E-state index contributed by atoms with van der Waals surface area (Å²) < 4.78 is 0. The van der Waals surface area contributed by atoms with Crippen molar-refractivity contribution >= 4 is 22.6 Å². The van der Waals surface area contributed by atoms with Crippen molar-refractivity contribution < 1.29 is 0 Å². The average Bonchev–Trinajstić information content (AvgIpc) is 1.88. The molecule has 0 amide bonds. The molecule has 0 aromatic carbocycles. The van der Waals surface area contributed by atoms with Crippen LogP contribution in [0.4, 0.5) is 0 Å². The molecule has 0 atom stereocenters. The highest BCUT2D eigenvalue weighted by Crippen LogP contribution is 1.98. The highest BCUT2D eigenvalue weighted by molar-refractivity contribution is 6.71. The number of amidine groups is 1. The number of nitrogens with two attached hydrogens (primary N) is 2. The normalized spacial score (nSPS) is 13.4. The van der Waals surface area contributed by atoms with Gasteiger partial charge in [-0.05, 0) is 0 Å². The zero-order valence-corrected chi connectivity index (χ0v) is 6.31. The summed E-state index contributed by atoms with van der Waals surface area (Å²) in [6.45, 7) is 0. The highest BCUT2D eigenvalue weighted by atomic mass is 35.5. The second-order valence-electron chi connectivity index (χ2n) is 1.50. The zero-order chi connectivity index (χ0) is 8.15. The van der Waals surface area contributed by atoms with Crippen LogP contribution in [-0.4, -0.2) is 18.1 Å². The minimum absolute atomic E-state index is 0.169. The zero-order valence-electron chi connectivity index (χ0n) is 5.56. The van der Waals surface area contributed by atoms with Crippen molar-refractivity contribution in [2.75, 3.05) is 7.05 Å².